The van der Waals surface area contributed by atoms with Crippen molar-refractivity contribution in [3.05, 3.63) is 60.4 Å². The van der Waals surface area contributed by atoms with Crippen LogP contribution in [0.4, 0.5) is 5.82 Å². The maximum Gasteiger partial charge on any atom is 0.147 e. The number of thiophene rings is 1. The average molecular weight is 308 g/mol. The third-order valence-electron chi connectivity index (χ3n) is 3.28. The summed E-state index contributed by atoms with van der Waals surface area (Å²) in [4.78, 5) is 17.0. The van der Waals surface area contributed by atoms with Crippen molar-refractivity contribution in [3.8, 4) is 5.82 Å². The summed E-state index contributed by atoms with van der Waals surface area (Å²) in [5, 5.41) is 5.36. The number of nitrogens with one attached hydrogen (secondary N) is 1. The van der Waals surface area contributed by atoms with Gasteiger partial charge in [0.25, 0.3) is 0 Å². The van der Waals surface area contributed by atoms with Gasteiger partial charge in [-0.25, -0.2) is 19.9 Å². The van der Waals surface area contributed by atoms with E-state index in [1.54, 1.807) is 30.2 Å². The number of rotatable bonds is 4. The first kappa shape index (κ1) is 12.9. The molecular formula is C15H12N6S. The molecule has 0 aliphatic heterocycles. The van der Waals surface area contributed by atoms with Gasteiger partial charge >= 0.3 is 0 Å². The molecule has 4 heterocycles. The molecule has 1 N–H and O–H groups in total. The van der Waals surface area contributed by atoms with E-state index in [1.807, 2.05) is 40.5 Å². The molecule has 0 bridgehead atoms. The first-order valence-electron chi connectivity index (χ1n) is 6.75. The molecule has 0 saturated heterocycles. The standard InChI is InChI=1S/C15H12N6S/c1-2-13(21-5-4-16-10-21)17-7-11(1)8-18-15-14-12(3-6-22-14)19-9-20-15/h1-7,9-10H,8H2,(H,18,19,20). The molecule has 0 amide bonds. The number of hydrogen-bond donors (Lipinski definition) is 1. The molecule has 0 atom stereocenters. The summed E-state index contributed by atoms with van der Waals surface area (Å²) in [5.41, 5.74) is 2.06. The van der Waals surface area contributed by atoms with E-state index in [0.717, 1.165) is 27.4 Å². The molecular weight excluding hydrogens is 296 g/mol. The fourth-order valence-electron chi connectivity index (χ4n) is 2.17. The highest BCUT2D eigenvalue weighted by molar-refractivity contribution is 7.17. The predicted molar refractivity (Wildman–Crippen MR) is 86.1 cm³/mol. The van der Waals surface area contributed by atoms with E-state index >= 15 is 0 Å². The lowest BCUT2D eigenvalue weighted by molar-refractivity contribution is 0.977. The van der Waals surface area contributed by atoms with Crippen LogP contribution in [-0.4, -0.2) is 24.5 Å². The van der Waals surface area contributed by atoms with Crippen LogP contribution in [0.1, 0.15) is 5.56 Å². The Hall–Kier alpha value is -2.80. The molecule has 0 saturated carbocycles. The van der Waals surface area contributed by atoms with Gasteiger partial charge in [-0.05, 0) is 23.1 Å². The van der Waals surface area contributed by atoms with Gasteiger partial charge in [-0.15, -0.1) is 11.3 Å². The van der Waals surface area contributed by atoms with E-state index < -0.39 is 0 Å². The monoisotopic (exact) mass is 308 g/mol. The van der Waals surface area contributed by atoms with Crippen LogP contribution in [0.5, 0.6) is 0 Å². The van der Waals surface area contributed by atoms with Crippen LogP contribution in [0.2, 0.25) is 0 Å². The maximum absolute atomic E-state index is 4.44. The zero-order valence-corrected chi connectivity index (χ0v) is 12.4. The lowest BCUT2D eigenvalue weighted by Crippen LogP contribution is -2.03. The zero-order chi connectivity index (χ0) is 14.8. The highest BCUT2D eigenvalue weighted by Gasteiger charge is 2.05. The van der Waals surface area contributed by atoms with E-state index in [0.29, 0.717) is 6.54 Å². The SMILES string of the molecule is c1cn(-c2ccc(CNc3ncnc4ccsc34)cn2)cn1. The molecule has 0 aromatic carbocycles. The highest BCUT2D eigenvalue weighted by Crippen LogP contribution is 2.25. The van der Waals surface area contributed by atoms with Crippen LogP contribution in [0.25, 0.3) is 16.0 Å². The smallest absolute Gasteiger partial charge is 0.147 e. The summed E-state index contributed by atoms with van der Waals surface area (Å²) in [5.74, 6) is 1.71. The third-order valence-corrected chi connectivity index (χ3v) is 4.19. The van der Waals surface area contributed by atoms with E-state index in [-0.39, 0.29) is 0 Å². The molecule has 4 rings (SSSR count). The molecule has 0 fully saturated rings. The average Bonchev–Trinajstić information content (AvgIpc) is 3.24. The number of imidazole rings is 1. The molecule has 6 nitrogen and oxygen atoms in total. The molecule has 7 heteroatoms. The molecule has 4 aromatic heterocycles. The molecule has 4 aromatic rings. The Bertz CT molecular complexity index is 882. The van der Waals surface area contributed by atoms with E-state index in [9.17, 15) is 0 Å². The Morgan fingerprint density at radius 1 is 1.14 bits per heavy atom. The summed E-state index contributed by atoms with van der Waals surface area (Å²) in [7, 11) is 0. The Morgan fingerprint density at radius 3 is 2.95 bits per heavy atom. The number of nitrogens with zero attached hydrogens (tertiary/aromatic N) is 5. The molecule has 0 aliphatic rings. The van der Waals surface area contributed by atoms with Crippen molar-refractivity contribution < 1.29 is 0 Å². The minimum atomic E-state index is 0.668. The quantitative estimate of drug-likeness (QED) is 0.628. The summed E-state index contributed by atoms with van der Waals surface area (Å²) in [6, 6.07) is 6.01. The van der Waals surface area contributed by atoms with Crippen LogP contribution < -0.4 is 5.32 Å². The van der Waals surface area contributed by atoms with Gasteiger partial charge in [0, 0.05) is 25.1 Å². The Balaban J connectivity index is 1.51. The van der Waals surface area contributed by atoms with Gasteiger partial charge in [0.2, 0.25) is 0 Å². The Labute approximate surface area is 130 Å². The molecule has 0 aliphatic carbocycles. The lowest BCUT2D eigenvalue weighted by atomic mass is 10.3. The van der Waals surface area contributed by atoms with Crippen LogP contribution in [0.3, 0.4) is 0 Å². The van der Waals surface area contributed by atoms with Crippen molar-refractivity contribution in [1.82, 2.24) is 24.5 Å². The van der Waals surface area contributed by atoms with Crippen LogP contribution in [-0.2, 0) is 6.54 Å². The zero-order valence-electron chi connectivity index (χ0n) is 11.5. The number of aromatic nitrogens is 5. The second-order valence-electron chi connectivity index (χ2n) is 4.71. The van der Waals surface area contributed by atoms with Gasteiger partial charge < -0.3 is 5.32 Å². The summed E-state index contributed by atoms with van der Waals surface area (Å²) < 4.78 is 2.95. The lowest BCUT2D eigenvalue weighted by Gasteiger charge is -2.07. The number of hydrogen-bond acceptors (Lipinski definition) is 6. The molecule has 0 spiro atoms. The summed E-state index contributed by atoms with van der Waals surface area (Å²) in [6.07, 6.45) is 8.77. The van der Waals surface area contributed by atoms with Crippen LogP contribution >= 0.6 is 11.3 Å². The fourth-order valence-corrected chi connectivity index (χ4v) is 2.98. The molecule has 22 heavy (non-hydrogen) atoms. The van der Waals surface area contributed by atoms with Gasteiger partial charge in [-0.2, -0.15) is 0 Å². The van der Waals surface area contributed by atoms with Gasteiger partial charge in [-0.3, -0.25) is 4.57 Å². The van der Waals surface area contributed by atoms with Crippen LogP contribution in [0, 0.1) is 0 Å². The summed E-state index contributed by atoms with van der Waals surface area (Å²) in [6.45, 7) is 0.668. The third kappa shape index (κ3) is 2.42. The van der Waals surface area contributed by atoms with Gasteiger partial charge in [0.1, 0.15) is 24.3 Å². The number of fused-ring (bicyclic) bond motifs is 1. The normalized spacial score (nSPS) is 10.9. The van der Waals surface area contributed by atoms with Crippen molar-refractivity contribution in [1.29, 1.82) is 0 Å². The van der Waals surface area contributed by atoms with Crippen molar-refractivity contribution in [2.24, 2.45) is 0 Å². The van der Waals surface area contributed by atoms with Crippen molar-refractivity contribution in [2.45, 2.75) is 6.54 Å². The Kier molecular flexibility index (Phi) is 3.24. The fraction of sp³-hybridized carbons (Fsp3) is 0.0667. The Morgan fingerprint density at radius 2 is 2.14 bits per heavy atom. The van der Waals surface area contributed by atoms with Gasteiger partial charge in [0.05, 0.1) is 10.2 Å². The van der Waals surface area contributed by atoms with Crippen molar-refractivity contribution in [2.75, 3.05) is 5.32 Å². The van der Waals surface area contributed by atoms with Gasteiger partial charge in [-0.1, -0.05) is 6.07 Å². The second kappa shape index (κ2) is 5.53. The van der Waals surface area contributed by atoms with Gasteiger partial charge in [0.15, 0.2) is 0 Å². The molecule has 0 unspecified atom stereocenters. The topological polar surface area (TPSA) is 68.5 Å². The van der Waals surface area contributed by atoms with E-state index in [1.165, 1.54) is 0 Å². The molecule has 0 radical (unpaired) electrons. The predicted octanol–water partition coefficient (Wildman–Crippen LogP) is 2.88. The first-order valence-corrected chi connectivity index (χ1v) is 7.63. The van der Waals surface area contributed by atoms with Crippen molar-refractivity contribution >= 4 is 27.4 Å². The minimum Gasteiger partial charge on any atom is -0.365 e. The second-order valence-corrected chi connectivity index (χ2v) is 5.62. The first-order chi connectivity index (χ1) is 10.9. The van der Waals surface area contributed by atoms with E-state index in [2.05, 4.69) is 25.3 Å². The van der Waals surface area contributed by atoms with E-state index in [4.69, 9.17) is 0 Å². The molecule has 108 valence electrons. The highest BCUT2D eigenvalue weighted by atomic mass is 32.1. The summed E-state index contributed by atoms with van der Waals surface area (Å²) >= 11 is 1.64. The largest absolute Gasteiger partial charge is 0.365 e. The number of anilines is 1. The maximum atomic E-state index is 4.44. The minimum absolute atomic E-state index is 0.668. The number of pyridine rings is 1. The van der Waals surface area contributed by atoms with Crippen LogP contribution in [0.15, 0.2) is 54.8 Å². The van der Waals surface area contributed by atoms with Crippen molar-refractivity contribution in [3.63, 3.8) is 0 Å².